The van der Waals surface area contributed by atoms with E-state index in [1.807, 2.05) is 0 Å². The first-order chi connectivity index (χ1) is 11.7. The number of nitrogens with one attached hydrogen (secondary N) is 2. The first-order valence-electron chi connectivity index (χ1n) is 7.19. The Morgan fingerprint density at radius 1 is 1.33 bits per heavy atom. The van der Waals surface area contributed by atoms with Crippen LogP contribution in [0.15, 0.2) is 40.9 Å². The molecule has 0 aliphatic carbocycles. The average Bonchev–Trinajstić information content (AvgIpc) is 2.96. The van der Waals surface area contributed by atoms with Crippen LogP contribution < -0.4 is 10.6 Å². The van der Waals surface area contributed by atoms with Crippen LogP contribution in [0.25, 0.3) is 11.0 Å². The Morgan fingerprint density at radius 2 is 2.21 bits per heavy atom. The molecular formula is C16H15FN4O3. The first-order valence-corrected chi connectivity index (χ1v) is 7.19. The number of ether oxygens (including phenoxy) is 1. The minimum absolute atomic E-state index is 0.0973. The van der Waals surface area contributed by atoms with Crippen molar-refractivity contribution in [2.45, 2.75) is 13.2 Å². The largest absolute Gasteiger partial charge is 0.378 e. The molecule has 0 saturated carbocycles. The van der Waals surface area contributed by atoms with E-state index in [-0.39, 0.29) is 6.54 Å². The van der Waals surface area contributed by atoms with Crippen LogP contribution >= 0.6 is 0 Å². The highest BCUT2D eigenvalue weighted by Crippen LogP contribution is 2.19. The van der Waals surface area contributed by atoms with Crippen molar-refractivity contribution in [1.29, 1.82) is 0 Å². The predicted molar refractivity (Wildman–Crippen MR) is 84.8 cm³/mol. The summed E-state index contributed by atoms with van der Waals surface area (Å²) in [6.07, 6.45) is 0. The number of nitrogens with zero attached hydrogens (tertiary/aromatic N) is 2. The molecular weight excluding hydrogens is 315 g/mol. The molecule has 0 aliphatic rings. The molecule has 3 rings (SSSR count). The maximum Gasteiger partial charge on any atom is 0.320 e. The molecule has 0 unspecified atom stereocenters. The molecule has 0 radical (unpaired) electrons. The number of fused-ring (bicyclic) bond motifs is 1. The second kappa shape index (κ2) is 7.05. The first kappa shape index (κ1) is 15.9. The zero-order chi connectivity index (χ0) is 16.9. The maximum atomic E-state index is 13.3. The van der Waals surface area contributed by atoms with Gasteiger partial charge >= 0.3 is 6.03 Å². The quantitative estimate of drug-likeness (QED) is 0.751. The molecule has 0 spiro atoms. The van der Waals surface area contributed by atoms with Crippen LogP contribution in [0.2, 0.25) is 0 Å². The van der Waals surface area contributed by atoms with E-state index < -0.39 is 11.8 Å². The number of halogens is 1. The summed E-state index contributed by atoms with van der Waals surface area (Å²) >= 11 is 0. The molecule has 7 nitrogen and oxygen atoms in total. The molecule has 3 aromatic rings. The number of benzene rings is 1. The van der Waals surface area contributed by atoms with E-state index in [0.29, 0.717) is 34.8 Å². The highest BCUT2D eigenvalue weighted by molar-refractivity contribution is 5.88. The van der Waals surface area contributed by atoms with Gasteiger partial charge in [-0.05, 0) is 30.3 Å². The van der Waals surface area contributed by atoms with Crippen LogP contribution in [-0.2, 0) is 17.9 Å². The van der Waals surface area contributed by atoms with Crippen LogP contribution in [0.1, 0.15) is 11.4 Å². The Kier molecular flexibility index (Phi) is 4.66. The van der Waals surface area contributed by atoms with E-state index in [2.05, 4.69) is 20.8 Å². The molecule has 124 valence electrons. The number of hydrogen-bond acceptors (Lipinski definition) is 5. The Morgan fingerprint density at radius 3 is 3.04 bits per heavy atom. The number of amides is 2. The van der Waals surface area contributed by atoms with E-state index in [9.17, 15) is 9.18 Å². The normalized spacial score (nSPS) is 10.8. The molecule has 0 atom stereocenters. The fourth-order valence-electron chi connectivity index (χ4n) is 2.19. The van der Waals surface area contributed by atoms with Gasteiger partial charge in [0.15, 0.2) is 5.58 Å². The summed E-state index contributed by atoms with van der Waals surface area (Å²) in [5, 5.41) is 9.60. The monoisotopic (exact) mass is 330 g/mol. The standard InChI is InChI=1S/C16H15FN4O3/c1-23-9-11-3-2-4-15(19-11)20-16(22)18-8-13-12-7-10(17)5-6-14(12)24-21-13/h2-7H,8-9H2,1H3,(H2,18,19,20,22). The van der Waals surface area contributed by atoms with Crippen LogP contribution in [0.4, 0.5) is 15.0 Å². The van der Waals surface area contributed by atoms with Gasteiger partial charge in [0, 0.05) is 12.5 Å². The van der Waals surface area contributed by atoms with Crippen molar-refractivity contribution in [3.8, 4) is 0 Å². The van der Waals surface area contributed by atoms with Gasteiger partial charge in [0.2, 0.25) is 0 Å². The van der Waals surface area contributed by atoms with Crippen LogP contribution in [0.5, 0.6) is 0 Å². The molecule has 0 saturated heterocycles. The smallest absolute Gasteiger partial charge is 0.320 e. The highest BCUT2D eigenvalue weighted by atomic mass is 19.1. The van der Waals surface area contributed by atoms with Gasteiger partial charge in [-0.3, -0.25) is 5.32 Å². The van der Waals surface area contributed by atoms with Crippen molar-refractivity contribution in [3.05, 3.63) is 53.6 Å². The zero-order valence-corrected chi connectivity index (χ0v) is 12.9. The minimum atomic E-state index is -0.454. The summed E-state index contributed by atoms with van der Waals surface area (Å²) in [6.45, 7) is 0.452. The molecule has 0 aliphatic heterocycles. The van der Waals surface area contributed by atoms with Gasteiger partial charge in [0.1, 0.15) is 17.3 Å². The van der Waals surface area contributed by atoms with Crippen molar-refractivity contribution in [1.82, 2.24) is 15.5 Å². The number of urea groups is 1. The maximum absolute atomic E-state index is 13.3. The number of carbonyl (C=O) groups excluding carboxylic acids is 1. The molecule has 2 aromatic heterocycles. The number of hydrogen-bond donors (Lipinski definition) is 2. The second-order valence-corrected chi connectivity index (χ2v) is 5.02. The lowest BCUT2D eigenvalue weighted by molar-refractivity contribution is 0.181. The van der Waals surface area contributed by atoms with E-state index >= 15 is 0 Å². The van der Waals surface area contributed by atoms with Gasteiger partial charge in [0.25, 0.3) is 0 Å². The number of rotatable bonds is 5. The molecule has 2 N–H and O–H groups in total. The number of pyridine rings is 1. The van der Waals surface area contributed by atoms with E-state index in [1.165, 1.54) is 18.2 Å². The van der Waals surface area contributed by atoms with Gasteiger partial charge in [-0.1, -0.05) is 11.2 Å². The fraction of sp³-hybridized carbons (Fsp3) is 0.188. The number of methoxy groups -OCH3 is 1. The molecule has 0 bridgehead atoms. The second-order valence-electron chi connectivity index (χ2n) is 5.02. The summed E-state index contributed by atoms with van der Waals surface area (Å²) in [5.74, 6) is 0.00802. The van der Waals surface area contributed by atoms with Crippen molar-refractivity contribution in [3.63, 3.8) is 0 Å². The average molecular weight is 330 g/mol. The molecule has 1 aromatic carbocycles. The number of anilines is 1. The SMILES string of the molecule is COCc1cccc(NC(=O)NCc2noc3ccc(F)cc23)n1. The van der Waals surface area contributed by atoms with Crippen molar-refractivity contribution in [2.24, 2.45) is 0 Å². The third kappa shape index (κ3) is 3.66. The van der Waals surface area contributed by atoms with Gasteiger partial charge in [0.05, 0.1) is 18.8 Å². The Balaban J connectivity index is 1.62. The third-order valence-electron chi connectivity index (χ3n) is 3.26. The molecule has 8 heteroatoms. The van der Waals surface area contributed by atoms with E-state index in [4.69, 9.17) is 9.26 Å². The molecule has 24 heavy (non-hydrogen) atoms. The topological polar surface area (TPSA) is 89.3 Å². The summed E-state index contributed by atoms with van der Waals surface area (Å²) in [4.78, 5) is 16.2. The Bertz CT molecular complexity index is 865. The third-order valence-corrected chi connectivity index (χ3v) is 3.26. The molecule has 0 fully saturated rings. The zero-order valence-electron chi connectivity index (χ0n) is 12.9. The summed E-state index contributed by atoms with van der Waals surface area (Å²) in [5.41, 5.74) is 1.61. The highest BCUT2D eigenvalue weighted by Gasteiger charge is 2.11. The Labute approximate surface area is 136 Å². The molecule has 2 heterocycles. The summed E-state index contributed by atoms with van der Waals surface area (Å²) in [7, 11) is 1.57. The molecule has 2 amide bonds. The van der Waals surface area contributed by atoms with Gasteiger partial charge in [-0.2, -0.15) is 0 Å². The lowest BCUT2D eigenvalue weighted by atomic mass is 10.2. The lowest BCUT2D eigenvalue weighted by Crippen LogP contribution is -2.28. The fourth-order valence-corrected chi connectivity index (χ4v) is 2.19. The van der Waals surface area contributed by atoms with Crippen LogP contribution in [0, 0.1) is 5.82 Å². The van der Waals surface area contributed by atoms with Crippen molar-refractivity contribution >= 4 is 22.8 Å². The van der Waals surface area contributed by atoms with E-state index in [1.54, 1.807) is 25.3 Å². The van der Waals surface area contributed by atoms with Crippen molar-refractivity contribution < 1.29 is 18.4 Å². The number of carbonyl (C=O) groups is 1. The number of aromatic nitrogens is 2. The van der Waals surface area contributed by atoms with E-state index in [0.717, 1.165) is 0 Å². The van der Waals surface area contributed by atoms with Gasteiger partial charge in [-0.25, -0.2) is 14.2 Å². The van der Waals surface area contributed by atoms with Crippen molar-refractivity contribution in [2.75, 3.05) is 12.4 Å². The van der Waals surface area contributed by atoms with Crippen LogP contribution in [-0.4, -0.2) is 23.3 Å². The Hall–Kier alpha value is -3.00. The summed E-state index contributed by atoms with van der Waals surface area (Å²) < 4.78 is 23.4. The van der Waals surface area contributed by atoms with Crippen LogP contribution in [0.3, 0.4) is 0 Å². The minimum Gasteiger partial charge on any atom is -0.378 e. The summed E-state index contributed by atoms with van der Waals surface area (Å²) in [6, 6.07) is 8.87. The van der Waals surface area contributed by atoms with Gasteiger partial charge < -0.3 is 14.6 Å². The van der Waals surface area contributed by atoms with Gasteiger partial charge in [-0.15, -0.1) is 0 Å². The lowest BCUT2D eigenvalue weighted by Gasteiger charge is -2.07. The predicted octanol–water partition coefficient (Wildman–Crippen LogP) is 2.83.